The molecule has 0 saturated heterocycles. The Kier molecular flexibility index (Phi) is 4.84. The summed E-state index contributed by atoms with van der Waals surface area (Å²) in [6.07, 6.45) is 4.87. The molecule has 78 valence electrons. The van der Waals surface area contributed by atoms with Crippen molar-refractivity contribution in [1.29, 1.82) is 0 Å². The van der Waals surface area contributed by atoms with Crippen LogP contribution in [0.3, 0.4) is 0 Å². The second kappa shape index (κ2) is 5.37. The lowest BCUT2D eigenvalue weighted by Crippen LogP contribution is -2.33. The number of carbonyl (C=O) groups excluding carboxylic acids is 1. The Morgan fingerprint density at radius 3 is 2.36 bits per heavy atom. The Morgan fingerprint density at radius 2 is 2.00 bits per heavy atom. The molecular weight excluding hydrogens is 176 g/mol. The first-order valence-corrected chi connectivity index (χ1v) is 4.54. The summed E-state index contributed by atoms with van der Waals surface area (Å²) in [4.78, 5) is 15.6. The van der Waals surface area contributed by atoms with E-state index in [1.54, 1.807) is 25.3 Å². The molecule has 0 aromatic rings. The Hall–Kier alpha value is -1.38. The van der Waals surface area contributed by atoms with Gasteiger partial charge in [0.25, 0.3) is 0 Å². The van der Waals surface area contributed by atoms with E-state index in [0.717, 1.165) is 0 Å². The first-order chi connectivity index (χ1) is 6.41. The lowest BCUT2D eigenvalue weighted by molar-refractivity contribution is -0.127. The largest absolute Gasteiger partial charge is 0.310 e. The van der Waals surface area contributed by atoms with Gasteiger partial charge in [-0.1, -0.05) is 33.4 Å². The average Bonchev–Trinajstić information content (AvgIpc) is 2.03. The van der Waals surface area contributed by atoms with Crippen LogP contribution in [0.2, 0.25) is 0 Å². The number of aliphatic imine (C=N–C) groups is 1. The van der Waals surface area contributed by atoms with Crippen LogP contribution in [-0.4, -0.2) is 12.1 Å². The Labute approximate surface area is 85.6 Å². The molecule has 0 aliphatic carbocycles. The van der Waals surface area contributed by atoms with E-state index in [9.17, 15) is 4.79 Å². The van der Waals surface area contributed by atoms with Crippen molar-refractivity contribution in [3.05, 3.63) is 24.6 Å². The molecule has 0 heterocycles. The van der Waals surface area contributed by atoms with E-state index >= 15 is 0 Å². The molecule has 0 atom stereocenters. The molecule has 0 bridgehead atoms. The molecule has 3 heteroatoms. The third kappa shape index (κ3) is 4.60. The maximum Gasteiger partial charge on any atom is 0.230 e. The van der Waals surface area contributed by atoms with Gasteiger partial charge in [0.05, 0.1) is 0 Å². The lowest BCUT2D eigenvalue weighted by atomic mass is 9.96. The minimum absolute atomic E-state index is 0.0591. The van der Waals surface area contributed by atoms with E-state index in [1.165, 1.54) is 0 Å². The second-order valence-corrected chi connectivity index (χ2v) is 3.88. The molecule has 0 rings (SSSR count). The highest BCUT2D eigenvalue weighted by molar-refractivity contribution is 5.83. The third-order valence-electron chi connectivity index (χ3n) is 1.47. The van der Waals surface area contributed by atoms with Gasteiger partial charge in [0.2, 0.25) is 5.91 Å². The fourth-order valence-electron chi connectivity index (χ4n) is 0.672. The molecule has 0 aromatic heterocycles. The molecule has 3 nitrogen and oxygen atoms in total. The summed E-state index contributed by atoms with van der Waals surface area (Å²) in [5.74, 6) is 0.457. The van der Waals surface area contributed by atoms with E-state index in [4.69, 9.17) is 0 Å². The molecule has 0 saturated carbocycles. The van der Waals surface area contributed by atoms with Crippen LogP contribution in [0.25, 0.3) is 0 Å². The molecule has 0 aliphatic rings. The number of allylic oxidation sites excluding steroid dienone is 2. The van der Waals surface area contributed by atoms with Crippen LogP contribution in [-0.2, 0) is 4.79 Å². The summed E-state index contributed by atoms with van der Waals surface area (Å²) in [5, 5.41) is 2.71. The summed E-state index contributed by atoms with van der Waals surface area (Å²) in [5.41, 5.74) is -0.413. The van der Waals surface area contributed by atoms with Crippen LogP contribution < -0.4 is 5.32 Å². The lowest BCUT2D eigenvalue weighted by Gasteiger charge is -2.17. The number of hydrogen-bond acceptors (Lipinski definition) is 2. The molecule has 0 spiro atoms. The van der Waals surface area contributed by atoms with Gasteiger partial charge in [-0.3, -0.25) is 4.79 Å². The summed E-state index contributed by atoms with van der Waals surface area (Å²) < 4.78 is 0. The van der Waals surface area contributed by atoms with Gasteiger partial charge in [-0.25, -0.2) is 4.99 Å². The smallest absolute Gasteiger partial charge is 0.230 e. The highest BCUT2D eigenvalue weighted by Crippen LogP contribution is 2.13. The number of amides is 1. The molecule has 0 fully saturated rings. The molecule has 0 unspecified atom stereocenters. The summed E-state index contributed by atoms with van der Waals surface area (Å²) in [6, 6.07) is 0. The van der Waals surface area contributed by atoms with Crippen molar-refractivity contribution in [1.82, 2.24) is 5.32 Å². The molecular formula is C11H18N2O. The third-order valence-corrected chi connectivity index (χ3v) is 1.47. The van der Waals surface area contributed by atoms with Crippen LogP contribution in [0.4, 0.5) is 0 Å². The van der Waals surface area contributed by atoms with Gasteiger partial charge in [-0.2, -0.15) is 0 Å². The van der Waals surface area contributed by atoms with Crippen LogP contribution in [0.5, 0.6) is 0 Å². The fraction of sp³-hybridized carbons (Fsp3) is 0.455. The van der Waals surface area contributed by atoms with Gasteiger partial charge in [0, 0.05) is 11.6 Å². The highest BCUT2D eigenvalue weighted by atomic mass is 16.2. The number of nitrogens with zero attached hydrogens (tertiary/aromatic N) is 1. The fourth-order valence-corrected chi connectivity index (χ4v) is 0.672. The first-order valence-electron chi connectivity index (χ1n) is 4.54. The summed E-state index contributed by atoms with van der Waals surface area (Å²) in [6.45, 7) is 10.9. The maximum absolute atomic E-state index is 11.6. The van der Waals surface area contributed by atoms with Crippen molar-refractivity contribution < 1.29 is 4.79 Å². The zero-order valence-electron chi connectivity index (χ0n) is 9.29. The van der Waals surface area contributed by atoms with Crippen molar-refractivity contribution in [2.75, 3.05) is 0 Å². The normalized spacial score (nSPS) is 13.0. The molecule has 1 N–H and O–H groups in total. The van der Waals surface area contributed by atoms with E-state index in [-0.39, 0.29) is 5.91 Å². The van der Waals surface area contributed by atoms with Crippen molar-refractivity contribution in [3.63, 3.8) is 0 Å². The van der Waals surface area contributed by atoms with Gasteiger partial charge in [-0.15, -0.1) is 0 Å². The molecule has 0 aromatic carbocycles. The van der Waals surface area contributed by atoms with Crippen molar-refractivity contribution in [2.24, 2.45) is 10.4 Å². The predicted molar refractivity (Wildman–Crippen MR) is 60.0 cm³/mol. The van der Waals surface area contributed by atoms with Gasteiger partial charge in [0.1, 0.15) is 5.82 Å². The van der Waals surface area contributed by atoms with Gasteiger partial charge < -0.3 is 5.32 Å². The standard InChI is InChI=1S/C11H18N2O/c1-6-8-9(12-7-2)13-10(14)11(3,4)5/h6-8H,1H2,2-5H3,(H,13,14)/b9-8+,12-7-. The number of carbonyl (C=O) groups is 1. The van der Waals surface area contributed by atoms with Crippen LogP contribution >= 0.6 is 0 Å². The van der Waals surface area contributed by atoms with Gasteiger partial charge in [-0.05, 0) is 13.0 Å². The predicted octanol–water partition coefficient (Wildman–Crippen LogP) is 2.27. The molecule has 14 heavy (non-hydrogen) atoms. The average molecular weight is 194 g/mol. The summed E-state index contributed by atoms with van der Waals surface area (Å²) >= 11 is 0. The van der Waals surface area contributed by atoms with Crippen molar-refractivity contribution >= 4 is 12.1 Å². The Morgan fingerprint density at radius 1 is 1.43 bits per heavy atom. The van der Waals surface area contributed by atoms with Crippen molar-refractivity contribution in [3.8, 4) is 0 Å². The zero-order chi connectivity index (χ0) is 11.2. The SMILES string of the molecule is C=C/C=C(\N=C/C)NC(=O)C(C)(C)C. The van der Waals surface area contributed by atoms with Crippen LogP contribution in [0.1, 0.15) is 27.7 Å². The zero-order valence-corrected chi connectivity index (χ0v) is 9.29. The highest BCUT2D eigenvalue weighted by Gasteiger charge is 2.21. The van der Waals surface area contributed by atoms with E-state index in [1.807, 2.05) is 20.8 Å². The first kappa shape index (κ1) is 12.6. The minimum atomic E-state index is -0.413. The van der Waals surface area contributed by atoms with Crippen LogP contribution in [0, 0.1) is 5.41 Å². The minimum Gasteiger partial charge on any atom is -0.310 e. The monoisotopic (exact) mass is 194 g/mol. The molecule has 1 amide bonds. The van der Waals surface area contributed by atoms with Crippen LogP contribution in [0.15, 0.2) is 29.5 Å². The van der Waals surface area contributed by atoms with E-state index in [2.05, 4.69) is 16.9 Å². The quantitative estimate of drug-likeness (QED) is 0.543. The van der Waals surface area contributed by atoms with Crippen molar-refractivity contribution in [2.45, 2.75) is 27.7 Å². The van der Waals surface area contributed by atoms with E-state index in [0.29, 0.717) is 5.82 Å². The topological polar surface area (TPSA) is 41.5 Å². The number of hydrogen-bond donors (Lipinski definition) is 1. The molecule has 0 radical (unpaired) electrons. The number of nitrogens with one attached hydrogen (secondary N) is 1. The Bertz CT molecular complexity index is 270. The van der Waals surface area contributed by atoms with E-state index < -0.39 is 5.41 Å². The van der Waals surface area contributed by atoms with Gasteiger partial charge in [0.15, 0.2) is 0 Å². The second-order valence-electron chi connectivity index (χ2n) is 3.88. The number of rotatable bonds is 3. The molecule has 0 aliphatic heterocycles. The Balaban J connectivity index is 4.55. The summed E-state index contributed by atoms with van der Waals surface area (Å²) in [7, 11) is 0. The maximum atomic E-state index is 11.6. The van der Waals surface area contributed by atoms with Gasteiger partial charge >= 0.3 is 0 Å².